The Hall–Kier alpha value is -0.570. The van der Waals surface area contributed by atoms with Gasteiger partial charge in [-0.2, -0.15) is 0 Å². The first-order valence-electron chi connectivity index (χ1n) is 6.65. The first-order chi connectivity index (χ1) is 7.77. The second-order valence-electron chi connectivity index (χ2n) is 5.31. The van der Waals surface area contributed by atoms with E-state index in [2.05, 4.69) is 12.2 Å². The summed E-state index contributed by atoms with van der Waals surface area (Å²) in [5, 5.41) is 3.27. The molecule has 92 valence electrons. The van der Waals surface area contributed by atoms with Gasteiger partial charge in [0.25, 0.3) is 0 Å². The van der Waals surface area contributed by atoms with Gasteiger partial charge >= 0.3 is 5.97 Å². The summed E-state index contributed by atoms with van der Waals surface area (Å²) in [5.74, 6) is 0.666. The van der Waals surface area contributed by atoms with Crippen molar-refractivity contribution < 1.29 is 9.53 Å². The van der Waals surface area contributed by atoms with Crippen molar-refractivity contribution in [3.63, 3.8) is 0 Å². The molecule has 0 aromatic rings. The molecule has 2 rings (SSSR count). The van der Waals surface area contributed by atoms with Crippen LogP contribution in [0.3, 0.4) is 0 Å². The highest BCUT2D eigenvalue weighted by atomic mass is 16.5. The number of carbonyl (C=O) groups is 1. The van der Waals surface area contributed by atoms with Gasteiger partial charge in [0, 0.05) is 6.54 Å². The van der Waals surface area contributed by atoms with Crippen LogP contribution >= 0.6 is 0 Å². The van der Waals surface area contributed by atoms with Crippen molar-refractivity contribution in [3.8, 4) is 0 Å². The minimum absolute atomic E-state index is 0.0342. The lowest BCUT2D eigenvalue weighted by Crippen LogP contribution is -2.35. The monoisotopic (exact) mass is 225 g/mol. The summed E-state index contributed by atoms with van der Waals surface area (Å²) in [6, 6.07) is 0. The Labute approximate surface area is 97.9 Å². The highest BCUT2D eigenvalue weighted by molar-refractivity contribution is 5.77. The number of hydrogen-bond donors (Lipinski definition) is 1. The molecule has 2 fully saturated rings. The zero-order valence-electron chi connectivity index (χ0n) is 10.3. The minimum atomic E-state index is -0.224. The Morgan fingerprint density at radius 3 is 2.75 bits per heavy atom. The standard InChI is InChI=1S/C13H23NO2/c1-2-13(7-8-14-10-13)12(15)16-9-11-5-3-4-6-11/h11,14H,2-10H2,1H3. The van der Waals surface area contributed by atoms with Gasteiger partial charge in [-0.3, -0.25) is 4.79 Å². The number of ether oxygens (including phenoxy) is 1. The van der Waals surface area contributed by atoms with Gasteiger partial charge in [-0.05, 0) is 38.1 Å². The molecule has 1 atom stereocenters. The molecule has 3 nitrogen and oxygen atoms in total. The molecule has 0 radical (unpaired) electrons. The number of esters is 1. The van der Waals surface area contributed by atoms with E-state index in [1.54, 1.807) is 0 Å². The molecule has 3 heteroatoms. The van der Waals surface area contributed by atoms with Gasteiger partial charge < -0.3 is 10.1 Å². The van der Waals surface area contributed by atoms with Crippen molar-refractivity contribution in [1.82, 2.24) is 5.32 Å². The zero-order chi connectivity index (χ0) is 11.4. The average molecular weight is 225 g/mol. The smallest absolute Gasteiger partial charge is 0.313 e. The summed E-state index contributed by atoms with van der Waals surface area (Å²) in [6.07, 6.45) is 6.93. The normalized spacial score (nSPS) is 30.8. The van der Waals surface area contributed by atoms with Gasteiger partial charge in [-0.25, -0.2) is 0 Å². The molecule has 1 unspecified atom stereocenters. The fraction of sp³-hybridized carbons (Fsp3) is 0.923. The Balaban J connectivity index is 1.81. The molecule has 0 aromatic carbocycles. The van der Waals surface area contributed by atoms with Gasteiger partial charge in [0.1, 0.15) is 0 Å². The SMILES string of the molecule is CCC1(C(=O)OCC2CCCC2)CCNC1. The third-order valence-corrected chi connectivity index (χ3v) is 4.28. The predicted molar refractivity (Wildman–Crippen MR) is 63.1 cm³/mol. The molecule has 16 heavy (non-hydrogen) atoms. The van der Waals surface area contributed by atoms with Crippen molar-refractivity contribution in [2.24, 2.45) is 11.3 Å². The Kier molecular flexibility index (Phi) is 3.85. The highest BCUT2D eigenvalue weighted by Crippen LogP contribution is 2.32. The first-order valence-corrected chi connectivity index (χ1v) is 6.65. The predicted octanol–water partition coefficient (Wildman–Crippen LogP) is 2.11. The van der Waals surface area contributed by atoms with E-state index in [0.717, 1.165) is 25.9 Å². The van der Waals surface area contributed by atoms with Crippen LogP contribution < -0.4 is 5.32 Å². The second kappa shape index (κ2) is 5.17. The maximum Gasteiger partial charge on any atom is 0.313 e. The fourth-order valence-corrected chi connectivity index (χ4v) is 2.89. The maximum atomic E-state index is 12.1. The molecule has 0 bridgehead atoms. The summed E-state index contributed by atoms with van der Waals surface area (Å²) < 4.78 is 5.53. The molecule has 0 amide bonds. The van der Waals surface area contributed by atoms with E-state index in [-0.39, 0.29) is 11.4 Å². The zero-order valence-corrected chi connectivity index (χ0v) is 10.3. The molecule has 1 N–H and O–H groups in total. The Morgan fingerprint density at radius 2 is 2.19 bits per heavy atom. The van der Waals surface area contributed by atoms with E-state index in [1.807, 2.05) is 0 Å². The van der Waals surface area contributed by atoms with Crippen molar-refractivity contribution in [2.45, 2.75) is 45.4 Å². The van der Waals surface area contributed by atoms with Crippen LogP contribution in [0.5, 0.6) is 0 Å². The molecule has 1 saturated heterocycles. The van der Waals surface area contributed by atoms with E-state index in [4.69, 9.17) is 4.74 Å². The molecule has 1 aliphatic heterocycles. The van der Waals surface area contributed by atoms with Crippen LogP contribution in [0.25, 0.3) is 0 Å². The lowest BCUT2D eigenvalue weighted by atomic mass is 9.84. The fourth-order valence-electron chi connectivity index (χ4n) is 2.89. The quantitative estimate of drug-likeness (QED) is 0.745. The van der Waals surface area contributed by atoms with Crippen molar-refractivity contribution in [3.05, 3.63) is 0 Å². The number of rotatable bonds is 4. The molecule has 1 heterocycles. The number of hydrogen-bond acceptors (Lipinski definition) is 3. The number of carbonyl (C=O) groups excluding carboxylic acids is 1. The molecule has 2 aliphatic rings. The summed E-state index contributed by atoms with van der Waals surface area (Å²) in [4.78, 5) is 12.1. The third-order valence-electron chi connectivity index (χ3n) is 4.28. The summed E-state index contributed by atoms with van der Waals surface area (Å²) in [6.45, 7) is 4.49. The van der Waals surface area contributed by atoms with Gasteiger partial charge in [-0.15, -0.1) is 0 Å². The lowest BCUT2D eigenvalue weighted by Gasteiger charge is -2.24. The van der Waals surface area contributed by atoms with E-state index in [9.17, 15) is 4.79 Å². The van der Waals surface area contributed by atoms with Crippen LogP contribution in [0, 0.1) is 11.3 Å². The van der Waals surface area contributed by atoms with E-state index < -0.39 is 0 Å². The second-order valence-corrected chi connectivity index (χ2v) is 5.31. The van der Waals surface area contributed by atoms with Crippen molar-refractivity contribution in [2.75, 3.05) is 19.7 Å². The average Bonchev–Trinajstić information content (AvgIpc) is 2.97. The topological polar surface area (TPSA) is 38.3 Å². The van der Waals surface area contributed by atoms with Crippen molar-refractivity contribution >= 4 is 5.97 Å². The largest absolute Gasteiger partial charge is 0.465 e. The Morgan fingerprint density at radius 1 is 1.44 bits per heavy atom. The molecular weight excluding hydrogens is 202 g/mol. The van der Waals surface area contributed by atoms with Crippen LogP contribution in [0.1, 0.15) is 45.4 Å². The summed E-state index contributed by atoms with van der Waals surface area (Å²) in [5.41, 5.74) is -0.224. The highest BCUT2D eigenvalue weighted by Gasteiger charge is 2.41. The van der Waals surface area contributed by atoms with Crippen LogP contribution in [0.15, 0.2) is 0 Å². The van der Waals surface area contributed by atoms with Crippen LogP contribution in [-0.4, -0.2) is 25.7 Å². The summed E-state index contributed by atoms with van der Waals surface area (Å²) >= 11 is 0. The molecular formula is C13H23NO2. The van der Waals surface area contributed by atoms with Crippen LogP contribution in [-0.2, 0) is 9.53 Å². The van der Waals surface area contributed by atoms with Crippen molar-refractivity contribution in [1.29, 1.82) is 0 Å². The first kappa shape index (κ1) is 11.9. The van der Waals surface area contributed by atoms with E-state index in [1.165, 1.54) is 25.7 Å². The van der Waals surface area contributed by atoms with E-state index >= 15 is 0 Å². The maximum absolute atomic E-state index is 12.1. The Bertz CT molecular complexity index is 240. The lowest BCUT2D eigenvalue weighted by molar-refractivity contribution is -0.156. The van der Waals surface area contributed by atoms with Gasteiger partial charge in [0.05, 0.1) is 12.0 Å². The van der Waals surface area contributed by atoms with Gasteiger partial charge in [-0.1, -0.05) is 19.8 Å². The summed E-state index contributed by atoms with van der Waals surface area (Å²) in [7, 11) is 0. The third kappa shape index (κ3) is 2.40. The number of nitrogens with one attached hydrogen (secondary N) is 1. The molecule has 0 aromatic heterocycles. The van der Waals surface area contributed by atoms with Crippen LogP contribution in [0.4, 0.5) is 0 Å². The van der Waals surface area contributed by atoms with E-state index in [0.29, 0.717) is 12.5 Å². The molecule has 1 aliphatic carbocycles. The van der Waals surface area contributed by atoms with Gasteiger partial charge in [0.15, 0.2) is 0 Å². The van der Waals surface area contributed by atoms with Crippen LogP contribution in [0.2, 0.25) is 0 Å². The minimum Gasteiger partial charge on any atom is -0.465 e. The molecule has 1 saturated carbocycles. The molecule has 0 spiro atoms. The van der Waals surface area contributed by atoms with Gasteiger partial charge in [0.2, 0.25) is 0 Å².